The second-order valence-electron chi connectivity index (χ2n) is 6.88. The van der Waals surface area contributed by atoms with Crippen LogP contribution in [-0.2, 0) is 29.9 Å². The first-order valence-corrected chi connectivity index (χ1v) is 9.86. The second-order valence-corrected chi connectivity index (χ2v) is 8.51. The minimum atomic E-state index is -0.256. The Morgan fingerprint density at radius 3 is 3.08 bits per heavy atom. The molecule has 5 nitrogen and oxygen atoms in total. The van der Waals surface area contributed by atoms with Crippen molar-refractivity contribution in [3.05, 3.63) is 44.6 Å². The summed E-state index contributed by atoms with van der Waals surface area (Å²) in [5.41, 5.74) is 2.86. The van der Waals surface area contributed by atoms with Gasteiger partial charge >= 0.3 is 0 Å². The van der Waals surface area contributed by atoms with Gasteiger partial charge < -0.3 is 9.84 Å². The first-order valence-electron chi connectivity index (χ1n) is 8.67. The third kappa shape index (κ3) is 3.11. The van der Waals surface area contributed by atoms with E-state index in [1.54, 1.807) is 23.7 Å². The number of hydrogen-bond acceptors (Lipinski definition) is 6. The van der Waals surface area contributed by atoms with E-state index in [0.29, 0.717) is 17.0 Å². The van der Waals surface area contributed by atoms with Crippen LogP contribution in [0.5, 0.6) is 0 Å². The number of aliphatic hydroxyl groups excluding tert-OH is 1. The number of halogens is 1. The SMILES string of the molecule is C[C@H]1C[C@@]2(CCN1Cc1cnccn1)OCCc1c2sc(Cl)c1CO. The number of piperidine rings is 1. The van der Waals surface area contributed by atoms with Gasteiger partial charge in [-0.15, -0.1) is 11.3 Å². The summed E-state index contributed by atoms with van der Waals surface area (Å²) in [5, 5.41) is 9.67. The third-order valence-electron chi connectivity index (χ3n) is 5.40. The lowest BCUT2D eigenvalue weighted by Gasteiger charge is -2.47. The van der Waals surface area contributed by atoms with Gasteiger partial charge in [-0.3, -0.25) is 14.9 Å². The predicted octanol–water partition coefficient (Wildman–Crippen LogP) is 3.14. The second kappa shape index (κ2) is 6.93. The maximum atomic E-state index is 9.67. The van der Waals surface area contributed by atoms with Crippen molar-refractivity contribution in [2.75, 3.05) is 13.2 Å². The summed E-state index contributed by atoms with van der Waals surface area (Å²) >= 11 is 7.98. The molecule has 1 fully saturated rings. The zero-order valence-corrected chi connectivity index (χ0v) is 15.8. The predicted molar refractivity (Wildman–Crippen MR) is 97.7 cm³/mol. The Hall–Kier alpha value is -1.05. The molecule has 0 aromatic carbocycles. The van der Waals surface area contributed by atoms with Crippen molar-refractivity contribution in [3.8, 4) is 0 Å². The Balaban J connectivity index is 1.57. The average Bonchev–Trinajstić information content (AvgIpc) is 2.95. The summed E-state index contributed by atoms with van der Waals surface area (Å²) in [4.78, 5) is 12.2. The van der Waals surface area contributed by atoms with Gasteiger partial charge in [-0.25, -0.2) is 0 Å². The molecule has 2 aliphatic rings. The highest BCUT2D eigenvalue weighted by molar-refractivity contribution is 7.16. The van der Waals surface area contributed by atoms with E-state index in [1.807, 2.05) is 6.20 Å². The summed E-state index contributed by atoms with van der Waals surface area (Å²) in [6, 6.07) is 0.375. The number of rotatable bonds is 3. The van der Waals surface area contributed by atoms with Crippen molar-refractivity contribution in [3.63, 3.8) is 0 Å². The lowest BCUT2D eigenvalue weighted by molar-refractivity contribution is -0.110. The minimum absolute atomic E-state index is 0.00903. The fraction of sp³-hybridized carbons (Fsp3) is 0.556. The maximum absolute atomic E-state index is 9.67. The molecule has 0 amide bonds. The molecule has 0 saturated carbocycles. The Kier molecular flexibility index (Phi) is 4.81. The van der Waals surface area contributed by atoms with Crippen LogP contribution in [-0.4, -0.2) is 39.2 Å². The highest BCUT2D eigenvalue weighted by Gasteiger charge is 2.45. The number of aliphatic hydroxyl groups is 1. The molecule has 7 heteroatoms. The van der Waals surface area contributed by atoms with Gasteiger partial charge in [0.05, 0.1) is 23.2 Å². The number of likely N-dealkylation sites (tertiary alicyclic amines) is 1. The number of thiophene rings is 1. The van der Waals surface area contributed by atoms with Gasteiger partial charge in [0.15, 0.2) is 0 Å². The lowest BCUT2D eigenvalue weighted by Crippen LogP contribution is -2.50. The zero-order valence-electron chi connectivity index (χ0n) is 14.2. The van der Waals surface area contributed by atoms with Crippen LogP contribution < -0.4 is 0 Å². The molecule has 2 aromatic heterocycles. The molecule has 0 unspecified atom stereocenters. The quantitative estimate of drug-likeness (QED) is 0.887. The van der Waals surface area contributed by atoms with Crippen molar-refractivity contribution in [1.29, 1.82) is 0 Å². The molecule has 1 N–H and O–H groups in total. The van der Waals surface area contributed by atoms with Crippen LogP contribution in [0.1, 0.15) is 41.5 Å². The van der Waals surface area contributed by atoms with Gasteiger partial charge in [-0.05, 0) is 31.7 Å². The van der Waals surface area contributed by atoms with E-state index in [1.165, 1.54) is 10.4 Å². The average molecular weight is 380 g/mol. The van der Waals surface area contributed by atoms with E-state index in [-0.39, 0.29) is 12.2 Å². The van der Waals surface area contributed by atoms with Crippen LogP contribution in [0.15, 0.2) is 18.6 Å². The topological polar surface area (TPSA) is 58.5 Å². The van der Waals surface area contributed by atoms with E-state index in [0.717, 1.165) is 43.6 Å². The van der Waals surface area contributed by atoms with Gasteiger partial charge in [0.25, 0.3) is 0 Å². The van der Waals surface area contributed by atoms with Crippen molar-refractivity contribution >= 4 is 22.9 Å². The van der Waals surface area contributed by atoms with Crippen molar-refractivity contribution in [2.45, 2.75) is 51.0 Å². The third-order valence-corrected chi connectivity index (χ3v) is 7.11. The van der Waals surface area contributed by atoms with Crippen LogP contribution in [0.25, 0.3) is 0 Å². The van der Waals surface area contributed by atoms with Crippen molar-refractivity contribution < 1.29 is 9.84 Å². The molecule has 4 heterocycles. The largest absolute Gasteiger partial charge is 0.392 e. The summed E-state index contributed by atoms with van der Waals surface area (Å²) in [6.07, 6.45) is 7.99. The molecule has 0 bridgehead atoms. The van der Waals surface area contributed by atoms with Crippen molar-refractivity contribution in [1.82, 2.24) is 14.9 Å². The summed E-state index contributed by atoms with van der Waals surface area (Å²) in [5.74, 6) is 0. The molecule has 2 aliphatic heterocycles. The van der Waals surface area contributed by atoms with Gasteiger partial charge in [0, 0.05) is 48.2 Å². The standard InChI is InChI=1S/C18H22ClN3O2S/c1-12-8-18(3-6-22(12)10-13-9-20-4-5-21-13)16-14(2-7-24-18)15(11-23)17(19)25-16/h4-5,9,12,23H,2-3,6-8,10-11H2,1H3/t12-,18+/m0/s1. The number of aromatic nitrogens is 2. The first-order chi connectivity index (χ1) is 12.1. The summed E-state index contributed by atoms with van der Waals surface area (Å²) < 4.78 is 7.05. The van der Waals surface area contributed by atoms with Gasteiger partial charge in [0.1, 0.15) is 5.60 Å². The molecule has 0 aliphatic carbocycles. The minimum Gasteiger partial charge on any atom is -0.392 e. The molecule has 4 rings (SSSR count). The van der Waals surface area contributed by atoms with Crippen LogP contribution in [0.3, 0.4) is 0 Å². The molecular weight excluding hydrogens is 358 g/mol. The number of fused-ring (bicyclic) bond motifs is 2. The first kappa shape index (κ1) is 17.4. The van der Waals surface area contributed by atoms with Crippen LogP contribution in [0.4, 0.5) is 0 Å². The molecule has 1 saturated heterocycles. The Bertz CT molecular complexity index is 754. The van der Waals surface area contributed by atoms with Gasteiger partial charge in [-0.2, -0.15) is 0 Å². The molecule has 0 radical (unpaired) electrons. The lowest BCUT2D eigenvalue weighted by atomic mass is 9.81. The molecule has 2 atom stereocenters. The Labute approximate surface area is 156 Å². The molecular formula is C18H22ClN3O2S. The van der Waals surface area contributed by atoms with Gasteiger partial charge in [-0.1, -0.05) is 11.6 Å². The highest BCUT2D eigenvalue weighted by Crippen LogP contribution is 2.49. The molecule has 25 heavy (non-hydrogen) atoms. The number of hydrogen-bond donors (Lipinski definition) is 1. The molecule has 2 aromatic rings. The van der Waals surface area contributed by atoms with Gasteiger partial charge in [0.2, 0.25) is 0 Å². The van der Waals surface area contributed by atoms with E-state index in [9.17, 15) is 5.11 Å². The number of ether oxygens (including phenoxy) is 1. The molecule has 1 spiro atoms. The van der Waals surface area contributed by atoms with E-state index >= 15 is 0 Å². The van der Waals surface area contributed by atoms with E-state index < -0.39 is 0 Å². The summed E-state index contributed by atoms with van der Waals surface area (Å²) in [6.45, 7) is 4.71. The van der Waals surface area contributed by atoms with Crippen LogP contribution >= 0.6 is 22.9 Å². The zero-order chi connectivity index (χ0) is 17.4. The Morgan fingerprint density at radius 1 is 1.48 bits per heavy atom. The van der Waals surface area contributed by atoms with Crippen LogP contribution in [0, 0.1) is 0 Å². The number of nitrogens with zero attached hydrogens (tertiary/aromatic N) is 3. The Morgan fingerprint density at radius 2 is 2.36 bits per heavy atom. The summed E-state index contributed by atoms with van der Waals surface area (Å²) in [7, 11) is 0. The normalized spacial score (nSPS) is 26.8. The van der Waals surface area contributed by atoms with Crippen molar-refractivity contribution in [2.24, 2.45) is 0 Å². The highest BCUT2D eigenvalue weighted by atomic mass is 35.5. The maximum Gasteiger partial charge on any atom is 0.105 e. The van der Waals surface area contributed by atoms with Crippen LogP contribution in [0.2, 0.25) is 4.34 Å². The fourth-order valence-electron chi connectivity index (χ4n) is 4.12. The monoisotopic (exact) mass is 379 g/mol. The smallest absolute Gasteiger partial charge is 0.105 e. The molecule has 134 valence electrons. The fourth-order valence-corrected chi connectivity index (χ4v) is 5.79. The van der Waals surface area contributed by atoms with E-state index in [2.05, 4.69) is 21.8 Å². The van der Waals surface area contributed by atoms with E-state index in [4.69, 9.17) is 16.3 Å².